The molecule has 0 aromatic heterocycles. The number of carbonyl (C=O) groups is 1. The molecule has 3 rings (SSSR count). The molecule has 0 bridgehead atoms. The molecule has 0 aliphatic rings. The first-order valence-electron chi connectivity index (χ1n) is 8.48. The van der Waals surface area contributed by atoms with E-state index in [1.54, 1.807) is 7.11 Å². The first-order valence-corrected chi connectivity index (χ1v) is 8.48. The summed E-state index contributed by atoms with van der Waals surface area (Å²) in [4.78, 5) is 12.6. The molecule has 1 N–H and O–H groups in total. The largest absolute Gasteiger partial charge is 0.493 e. The molecule has 0 atom stereocenters. The number of ether oxygens (including phenoxy) is 2. The number of para-hydroxylation sites is 2. The maximum Gasteiger partial charge on any atom is 0.252 e. The molecule has 0 saturated heterocycles. The van der Waals surface area contributed by atoms with E-state index in [4.69, 9.17) is 9.47 Å². The van der Waals surface area contributed by atoms with Gasteiger partial charge in [-0.2, -0.15) is 0 Å². The lowest BCUT2D eigenvalue weighted by Crippen LogP contribution is -2.28. The molecule has 0 heterocycles. The summed E-state index contributed by atoms with van der Waals surface area (Å²) in [6.45, 7) is 0.764. The maximum absolute atomic E-state index is 12.6. The fourth-order valence-corrected chi connectivity index (χ4v) is 2.71. The Kier molecular flexibility index (Phi) is 5.88. The Morgan fingerprint density at radius 2 is 1.50 bits per heavy atom. The van der Waals surface area contributed by atoms with E-state index in [0.717, 1.165) is 11.1 Å². The van der Waals surface area contributed by atoms with Crippen LogP contribution in [0.4, 0.5) is 0 Å². The Balaban J connectivity index is 1.61. The first kappa shape index (κ1) is 17.5. The van der Waals surface area contributed by atoms with Crippen LogP contribution in [0.2, 0.25) is 0 Å². The third-order valence-corrected chi connectivity index (χ3v) is 3.97. The van der Waals surface area contributed by atoms with Crippen molar-refractivity contribution in [3.8, 4) is 22.6 Å². The Hall–Kier alpha value is -3.27. The van der Waals surface area contributed by atoms with Gasteiger partial charge in [-0.3, -0.25) is 4.79 Å². The Labute approximate surface area is 153 Å². The van der Waals surface area contributed by atoms with E-state index >= 15 is 0 Å². The molecule has 0 unspecified atom stereocenters. The maximum atomic E-state index is 12.6. The minimum Gasteiger partial charge on any atom is -0.493 e. The fraction of sp³-hybridized carbons (Fsp3) is 0.136. The van der Waals surface area contributed by atoms with Gasteiger partial charge in [0.05, 0.1) is 13.7 Å². The smallest absolute Gasteiger partial charge is 0.252 e. The second kappa shape index (κ2) is 8.72. The predicted octanol–water partition coefficient (Wildman–Crippen LogP) is 4.17. The van der Waals surface area contributed by atoms with Crippen LogP contribution in [0, 0.1) is 0 Å². The van der Waals surface area contributed by atoms with Crippen LogP contribution in [0.15, 0.2) is 78.9 Å². The van der Waals surface area contributed by atoms with Crippen molar-refractivity contribution in [2.75, 3.05) is 20.3 Å². The molecule has 0 radical (unpaired) electrons. The third kappa shape index (κ3) is 4.22. The van der Waals surface area contributed by atoms with Crippen molar-refractivity contribution in [3.05, 3.63) is 84.4 Å². The van der Waals surface area contributed by atoms with Crippen LogP contribution in [-0.4, -0.2) is 26.2 Å². The van der Waals surface area contributed by atoms with Crippen molar-refractivity contribution < 1.29 is 14.3 Å². The van der Waals surface area contributed by atoms with Gasteiger partial charge in [0.1, 0.15) is 6.61 Å². The van der Waals surface area contributed by atoms with Gasteiger partial charge in [-0.05, 0) is 29.3 Å². The van der Waals surface area contributed by atoms with Crippen molar-refractivity contribution in [1.29, 1.82) is 0 Å². The molecule has 132 valence electrons. The summed E-state index contributed by atoms with van der Waals surface area (Å²) in [7, 11) is 1.60. The Morgan fingerprint density at radius 3 is 2.27 bits per heavy atom. The summed E-state index contributed by atoms with van der Waals surface area (Å²) in [6.07, 6.45) is 0. The number of rotatable bonds is 7. The Morgan fingerprint density at radius 1 is 0.846 bits per heavy atom. The highest BCUT2D eigenvalue weighted by Crippen LogP contribution is 2.25. The molecule has 0 spiro atoms. The van der Waals surface area contributed by atoms with E-state index in [9.17, 15) is 4.79 Å². The summed E-state index contributed by atoms with van der Waals surface area (Å²) >= 11 is 0. The van der Waals surface area contributed by atoms with E-state index < -0.39 is 0 Å². The molecule has 1 amide bonds. The van der Waals surface area contributed by atoms with Gasteiger partial charge in [0.2, 0.25) is 0 Å². The molecule has 3 aromatic rings. The molecule has 26 heavy (non-hydrogen) atoms. The SMILES string of the molecule is COc1ccccc1OCCNC(=O)c1ccccc1-c1ccccc1. The van der Waals surface area contributed by atoms with Crippen molar-refractivity contribution >= 4 is 5.91 Å². The lowest BCUT2D eigenvalue weighted by molar-refractivity contribution is 0.0947. The second-order valence-corrected chi connectivity index (χ2v) is 5.67. The topological polar surface area (TPSA) is 47.6 Å². The normalized spacial score (nSPS) is 10.2. The van der Waals surface area contributed by atoms with Crippen molar-refractivity contribution in [2.45, 2.75) is 0 Å². The molecular weight excluding hydrogens is 326 g/mol. The first-order chi connectivity index (χ1) is 12.8. The lowest BCUT2D eigenvalue weighted by Gasteiger charge is -2.12. The van der Waals surface area contributed by atoms with Crippen molar-refractivity contribution in [1.82, 2.24) is 5.32 Å². The fourth-order valence-electron chi connectivity index (χ4n) is 2.71. The van der Waals surface area contributed by atoms with Crippen LogP contribution >= 0.6 is 0 Å². The van der Waals surface area contributed by atoms with Gasteiger partial charge < -0.3 is 14.8 Å². The third-order valence-electron chi connectivity index (χ3n) is 3.97. The predicted molar refractivity (Wildman–Crippen MR) is 103 cm³/mol. The molecule has 0 aliphatic heterocycles. The van der Waals surface area contributed by atoms with Crippen LogP contribution in [0.5, 0.6) is 11.5 Å². The minimum atomic E-state index is -0.118. The number of carbonyl (C=O) groups excluding carboxylic acids is 1. The number of nitrogens with one attached hydrogen (secondary N) is 1. The quantitative estimate of drug-likeness (QED) is 0.653. The summed E-state index contributed by atoms with van der Waals surface area (Å²) in [5, 5.41) is 2.91. The van der Waals surface area contributed by atoms with Crippen molar-refractivity contribution in [2.24, 2.45) is 0 Å². The Bertz CT molecular complexity index is 862. The zero-order valence-corrected chi connectivity index (χ0v) is 14.6. The molecule has 3 aromatic carbocycles. The highest BCUT2D eigenvalue weighted by molar-refractivity contribution is 6.00. The summed E-state index contributed by atoms with van der Waals surface area (Å²) in [6, 6.07) is 24.9. The van der Waals surface area contributed by atoms with Crippen LogP contribution in [0.3, 0.4) is 0 Å². The minimum absolute atomic E-state index is 0.118. The van der Waals surface area contributed by atoms with Gasteiger partial charge in [-0.1, -0.05) is 60.7 Å². The van der Waals surface area contributed by atoms with E-state index in [0.29, 0.717) is 30.2 Å². The number of amides is 1. The highest BCUT2D eigenvalue weighted by atomic mass is 16.5. The molecule has 0 aliphatic carbocycles. The average molecular weight is 347 g/mol. The van der Waals surface area contributed by atoms with Gasteiger partial charge in [0.15, 0.2) is 11.5 Å². The van der Waals surface area contributed by atoms with E-state index in [2.05, 4.69) is 5.32 Å². The van der Waals surface area contributed by atoms with Gasteiger partial charge in [-0.25, -0.2) is 0 Å². The summed E-state index contributed by atoms with van der Waals surface area (Å²) in [5.74, 6) is 1.22. The molecular formula is C22H21NO3. The molecule has 0 fully saturated rings. The molecule has 0 saturated carbocycles. The van der Waals surface area contributed by atoms with Gasteiger partial charge >= 0.3 is 0 Å². The monoisotopic (exact) mass is 347 g/mol. The zero-order chi connectivity index (χ0) is 18.2. The van der Waals surface area contributed by atoms with Crippen LogP contribution in [0.25, 0.3) is 11.1 Å². The van der Waals surface area contributed by atoms with Crippen LogP contribution in [0.1, 0.15) is 10.4 Å². The van der Waals surface area contributed by atoms with Crippen molar-refractivity contribution in [3.63, 3.8) is 0 Å². The van der Waals surface area contributed by atoms with Gasteiger partial charge in [0.25, 0.3) is 5.91 Å². The second-order valence-electron chi connectivity index (χ2n) is 5.67. The van der Waals surface area contributed by atoms with Gasteiger partial charge in [0, 0.05) is 5.56 Å². The van der Waals surface area contributed by atoms with Gasteiger partial charge in [-0.15, -0.1) is 0 Å². The lowest BCUT2D eigenvalue weighted by atomic mass is 9.99. The average Bonchev–Trinajstić information content (AvgIpc) is 2.72. The number of hydrogen-bond acceptors (Lipinski definition) is 3. The van der Waals surface area contributed by atoms with E-state index in [1.165, 1.54) is 0 Å². The van der Waals surface area contributed by atoms with E-state index in [1.807, 2.05) is 78.9 Å². The standard InChI is InChI=1S/C22H21NO3/c1-25-20-13-7-8-14-21(20)26-16-15-23-22(24)19-12-6-5-11-18(19)17-9-3-2-4-10-17/h2-14H,15-16H2,1H3,(H,23,24). The van der Waals surface area contributed by atoms with Crippen LogP contribution < -0.4 is 14.8 Å². The summed E-state index contributed by atoms with van der Waals surface area (Å²) in [5.41, 5.74) is 2.58. The summed E-state index contributed by atoms with van der Waals surface area (Å²) < 4.78 is 10.9. The number of methoxy groups -OCH3 is 1. The van der Waals surface area contributed by atoms with Crippen LogP contribution in [-0.2, 0) is 0 Å². The molecule has 4 nitrogen and oxygen atoms in total. The number of hydrogen-bond donors (Lipinski definition) is 1. The molecule has 4 heteroatoms. The number of benzene rings is 3. The highest BCUT2D eigenvalue weighted by Gasteiger charge is 2.11. The zero-order valence-electron chi connectivity index (χ0n) is 14.6. The van der Waals surface area contributed by atoms with E-state index in [-0.39, 0.29) is 5.91 Å².